The third kappa shape index (κ3) is 4.73. The van der Waals surface area contributed by atoms with Gasteiger partial charge in [-0.1, -0.05) is 45.7 Å². The molecule has 0 saturated carbocycles. The van der Waals surface area contributed by atoms with Gasteiger partial charge in [0, 0.05) is 27.8 Å². The third-order valence-electron chi connectivity index (χ3n) is 3.26. The van der Waals surface area contributed by atoms with Gasteiger partial charge in [0.15, 0.2) is 0 Å². The van der Waals surface area contributed by atoms with Gasteiger partial charge in [-0.3, -0.25) is 0 Å². The van der Waals surface area contributed by atoms with E-state index < -0.39 is 0 Å². The van der Waals surface area contributed by atoms with E-state index in [1.165, 1.54) is 5.56 Å². The Hall–Kier alpha value is -1.03. The normalized spacial score (nSPS) is 12.5. The second-order valence-electron chi connectivity index (χ2n) is 5.47. The molecule has 0 radical (unpaired) electrons. The first-order valence-corrected chi connectivity index (χ1v) is 8.08. The molecule has 112 valence electrons. The highest BCUT2D eigenvalue weighted by atomic mass is 79.9. The van der Waals surface area contributed by atoms with E-state index in [0.29, 0.717) is 0 Å². The summed E-state index contributed by atoms with van der Waals surface area (Å²) in [6.45, 7) is 3.07. The minimum atomic E-state index is 0.158. The van der Waals surface area contributed by atoms with Gasteiger partial charge in [-0.05, 0) is 56.4 Å². The van der Waals surface area contributed by atoms with Crippen LogP contribution in [-0.2, 0) is 6.54 Å². The number of rotatable bonds is 5. The predicted octanol–water partition coefficient (Wildman–Crippen LogP) is 5.34. The molecule has 0 spiro atoms. The molecule has 0 saturated heterocycles. The second-order valence-corrected chi connectivity index (χ2v) is 6.79. The van der Waals surface area contributed by atoms with E-state index in [9.17, 15) is 0 Å². The van der Waals surface area contributed by atoms with E-state index in [-0.39, 0.29) is 6.04 Å². The molecule has 2 aromatic carbocycles. The number of halogens is 2. The summed E-state index contributed by atoms with van der Waals surface area (Å²) in [5, 5.41) is 4.26. The topological polar surface area (TPSA) is 15.3 Å². The molecule has 2 aromatic rings. The Morgan fingerprint density at radius 2 is 1.81 bits per heavy atom. The molecule has 0 heterocycles. The standard InChI is InChI=1S/C17H20BrClN2/c1-12(16-9-6-14(18)10-17(16)19)20-15-7-4-13(5-8-15)11-21(2)3/h4-10,12,20H,11H2,1-3H3. The summed E-state index contributed by atoms with van der Waals surface area (Å²) in [6, 6.07) is 14.7. The van der Waals surface area contributed by atoms with Gasteiger partial charge < -0.3 is 10.2 Å². The lowest BCUT2D eigenvalue weighted by atomic mass is 10.1. The fourth-order valence-electron chi connectivity index (χ4n) is 2.25. The molecule has 0 bridgehead atoms. The van der Waals surface area contributed by atoms with Gasteiger partial charge in [0.05, 0.1) is 0 Å². The second kappa shape index (κ2) is 7.30. The highest BCUT2D eigenvalue weighted by Gasteiger charge is 2.10. The Bertz CT molecular complexity index is 596. The van der Waals surface area contributed by atoms with Crippen molar-refractivity contribution in [1.29, 1.82) is 0 Å². The number of hydrogen-bond acceptors (Lipinski definition) is 2. The summed E-state index contributed by atoms with van der Waals surface area (Å²) < 4.78 is 0.997. The lowest BCUT2D eigenvalue weighted by Gasteiger charge is -2.18. The lowest BCUT2D eigenvalue weighted by Crippen LogP contribution is -2.11. The van der Waals surface area contributed by atoms with E-state index in [1.807, 2.05) is 18.2 Å². The van der Waals surface area contributed by atoms with Gasteiger partial charge in [0.1, 0.15) is 0 Å². The predicted molar refractivity (Wildman–Crippen MR) is 95.0 cm³/mol. The molecule has 1 unspecified atom stereocenters. The molecule has 1 N–H and O–H groups in total. The van der Waals surface area contributed by atoms with Crippen LogP contribution in [0, 0.1) is 0 Å². The SMILES string of the molecule is CC(Nc1ccc(CN(C)C)cc1)c1ccc(Br)cc1Cl. The Morgan fingerprint density at radius 1 is 1.14 bits per heavy atom. The molecular formula is C17H20BrClN2. The largest absolute Gasteiger partial charge is 0.378 e. The summed E-state index contributed by atoms with van der Waals surface area (Å²) in [5.41, 5.74) is 3.50. The van der Waals surface area contributed by atoms with E-state index in [2.05, 4.69) is 71.4 Å². The lowest BCUT2D eigenvalue weighted by molar-refractivity contribution is 0.402. The molecule has 0 amide bonds. The van der Waals surface area contributed by atoms with Crippen molar-refractivity contribution in [3.8, 4) is 0 Å². The third-order valence-corrected chi connectivity index (χ3v) is 4.09. The van der Waals surface area contributed by atoms with Crippen LogP contribution in [0.2, 0.25) is 5.02 Å². The Balaban J connectivity index is 2.06. The molecule has 2 rings (SSSR count). The molecule has 0 aliphatic rings. The minimum Gasteiger partial charge on any atom is -0.378 e. The van der Waals surface area contributed by atoms with Crippen LogP contribution in [0.15, 0.2) is 46.9 Å². The minimum absolute atomic E-state index is 0.158. The van der Waals surface area contributed by atoms with Crippen molar-refractivity contribution in [2.24, 2.45) is 0 Å². The van der Waals surface area contributed by atoms with Crippen LogP contribution >= 0.6 is 27.5 Å². The molecule has 0 aliphatic heterocycles. The maximum Gasteiger partial charge on any atom is 0.0500 e. The van der Waals surface area contributed by atoms with Gasteiger partial charge in [-0.15, -0.1) is 0 Å². The van der Waals surface area contributed by atoms with E-state index >= 15 is 0 Å². The van der Waals surface area contributed by atoms with Gasteiger partial charge in [0.25, 0.3) is 0 Å². The van der Waals surface area contributed by atoms with E-state index in [1.54, 1.807) is 0 Å². The van der Waals surface area contributed by atoms with E-state index in [0.717, 1.165) is 27.3 Å². The average Bonchev–Trinajstić information content (AvgIpc) is 2.40. The summed E-state index contributed by atoms with van der Waals surface area (Å²) in [6.07, 6.45) is 0. The quantitative estimate of drug-likeness (QED) is 0.767. The van der Waals surface area contributed by atoms with E-state index in [4.69, 9.17) is 11.6 Å². The van der Waals surface area contributed by atoms with Crippen molar-refractivity contribution in [2.45, 2.75) is 19.5 Å². The molecule has 4 heteroatoms. The van der Waals surface area contributed by atoms with Crippen molar-refractivity contribution in [3.05, 3.63) is 63.1 Å². The Morgan fingerprint density at radius 3 is 2.38 bits per heavy atom. The van der Waals surface area contributed by atoms with Gasteiger partial charge >= 0.3 is 0 Å². The monoisotopic (exact) mass is 366 g/mol. The Kier molecular flexibility index (Phi) is 5.68. The number of hydrogen-bond donors (Lipinski definition) is 1. The van der Waals surface area contributed by atoms with Gasteiger partial charge in [0.2, 0.25) is 0 Å². The highest BCUT2D eigenvalue weighted by molar-refractivity contribution is 9.10. The summed E-state index contributed by atoms with van der Waals surface area (Å²) >= 11 is 9.73. The van der Waals surface area contributed by atoms with Crippen LogP contribution in [0.1, 0.15) is 24.1 Å². The number of benzene rings is 2. The number of nitrogens with one attached hydrogen (secondary N) is 1. The smallest absolute Gasteiger partial charge is 0.0500 e. The van der Waals surface area contributed by atoms with Crippen LogP contribution in [-0.4, -0.2) is 19.0 Å². The first-order chi connectivity index (χ1) is 9.95. The Labute approximate surface area is 140 Å². The highest BCUT2D eigenvalue weighted by Crippen LogP contribution is 2.28. The fraction of sp³-hybridized carbons (Fsp3) is 0.294. The van der Waals surface area contributed by atoms with Gasteiger partial charge in [-0.25, -0.2) is 0 Å². The van der Waals surface area contributed by atoms with Crippen molar-refractivity contribution < 1.29 is 0 Å². The molecule has 0 aromatic heterocycles. The summed E-state index contributed by atoms with van der Waals surface area (Å²) in [5.74, 6) is 0. The summed E-state index contributed by atoms with van der Waals surface area (Å²) in [7, 11) is 4.15. The fourth-order valence-corrected chi connectivity index (χ4v) is 3.09. The molecule has 1 atom stereocenters. The number of nitrogens with zero attached hydrogens (tertiary/aromatic N) is 1. The molecular weight excluding hydrogens is 348 g/mol. The first kappa shape index (κ1) is 16.3. The van der Waals surface area contributed by atoms with Crippen LogP contribution in [0.4, 0.5) is 5.69 Å². The zero-order valence-electron chi connectivity index (χ0n) is 12.5. The maximum absolute atomic E-state index is 6.30. The van der Waals surface area contributed by atoms with Crippen molar-refractivity contribution in [3.63, 3.8) is 0 Å². The summed E-state index contributed by atoms with van der Waals surface area (Å²) in [4.78, 5) is 2.16. The molecule has 21 heavy (non-hydrogen) atoms. The zero-order valence-corrected chi connectivity index (χ0v) is 14.9. The van der Waals surface area contributed by atoms with Crippen LogP contribution in [0.5, 0.6) is 0 Å². The van der Waals surface area contributed by atoms with Crippen LogP contribution in [0.25, 0.3) is 0 Å². The molecule has 2 nitrogen and oxygen atoms in total. The zero-order chi connectivity index (χ0) is 15.4. The van der Waals surface area contributed by atoms with Crippen LogP contribution in [0.3, 0.4) is 0 Å². The van der Waals surface area contributed by atoms with Crippen LogP contribution < -0.4 is 5.32 Å². The maximum atomic E-state index is 6.30. The average molecular weight is 368 g/mol. The number of anilines is 1. The van der Waals surface area contributed by atoms with Gasteiger partial charge in [-0.2, -0.15) is 0 Å². The van der Waals surface area contributed by atoms with Crippen molar-refractivity contribution in [1.82, 2.24) is 4.90 Å². The van der Waals surface area contributed by atoms with Crippen molar-refractivity contribution >= 4 is 33.2 Å². The first-order valence-electron chi connectivity index (χ1n) is 6.91. The van der Waals surface area contributed by atoms with Crippen molar-refractivity contribution in [2.75, 3.05) is 19.4 Å². The molecule has 0 aliphatic carbocycles. The molecule has 0 fully saturated rings.